The van der Waals surface area contributed by atoms with Gasteiger partial charge in [-0.05, 0) is 44.7 Å². The molecular formula is C21H25N5O. The minimum absolute atomic E-state index is 0.0830. The summed E-state index contributed by atoms with van der Waals surface area (Å²) < 4.78 is 1.66. The van der Waals surface area contributed by atoms with Crippen molar-refractivity contribution >= 4 is 11.7 Å². The molecule has 1 saturated carbocycles. The van der Waals surface area contributed by atoms with Gasteiger partial charge < -0.3 is 4.90 Å². The lowest BCUT2D eigenvalue weighted by Crippen LogP contribution is -2.40. The molecule has 140 valence electrons. The van der Waals surface area contributed by atoms with Crippen molar-refractivity contribution in [2.45, 2.75) is 52.0 Å². The molecule has 0 unspecified atom stereocenters. The first-order chi connectivity index (χ1) is 13.1. The zero-order valence-electron chi connectivity index (χ0n) is 15.9. The third kappa shape index (κ3) is 3.70. The smallest absolute Gasteiger partial charge is 0.293 e. The van der Waals surface area contributed by atoms with Crippen LogP contribution < -0.4 is 0 Å². The molecule has 4 rings (SSSR count). The Hall–Kier alpha value is -2.76. The van der Waals surface area contributed by atoms with E-state index < -0.39 is 0 Å². The predicted molar refractivity (Wildman–Crippen MR) is 104 cm³/mol. The molecular weight excluding hydrogens is 338 g/mol. The van der Waals surface area contributed by atoms with E-state index in [1.54, 1.807) is 4.52 Å². The highest BCUT2D eigenvalue weighted by Gasteiger charge is 2.29. The van der Waals surface area contributed by atoms with E-state index in [4.69, 9.17) is 0 Å². The van der Waals surface area contributed by atoms with Gasteiger partial charge in [-0.15, -0.1) is 5.10 Å². The molecule has 1 amide bonds. The molecule has 1 aromatic carbocycles. The topological polar surface area (TPSA) is 63.4 Å². The van der Waals surface area contributed by atoms with Gasteiger partial charge in [0.05, 0.1) is 0 Å². The molecule has 1 aliphatic carbocycles. The molecule has 0 saturated heterocycles. The Kier molecular flexibility index (Phi) is 4.88. The number of carbonyl (C=O) groups excluding carboxylic acids is 1. The summed E-state index contributed by atoms with van der Waals surface area (Å²) in [5.74, 6) is 0.654. The Morgan fingerprint density at radius 1 is 1.15 bits per heavy atom. The SMILES string of the molecule is Cc1cc(C)n2nc(C(=O)N(CCc3ccccc3)C3CCCC3)nc2n1. The number of aromatic nitrogens is 4. The van der Waals surface area contributed by atoms with Crippen LogP contribution in [0, 0.1) is 13.8 Å². The number of fused-ring (bicyclic) bond motifs is 1. The van der Waals surface area contributed by atoms with Gasteiger partial charge in [-0.2, -0.15) is 4.98 Å². The van der Waals surface area contributed by atoms with E-state index in [0.717, 1.165) is 30.7 Å². The number of carbonyl (C=O) groups is 1. The fourth-order valence-electron chi connectivity index (χ4n) is 3.95. The van der Waals surface area contributed by atoms with Gasteiger partial charge in [0.25, 0.3) is 11.7 Å². The molecule has 1 aliphatic rings. The Bertz CT molecular complexity index is 944. The normalized spacial score (nSPS) is 14.7. The molecule has 2 heterocycles. The standard InChI is InChI=1S/C21H25N5O/c1-15-14-16(2)26-21(22-15)23-19(24-26)20(27)25(18-10-6-7-11-18)13-12-17-8-4-3-5-9-17/h3-5,8-9,14,18H,6-7,10-13H2,1-2H3. The summed E-state index contributed by atoms with van der Waals surface area (Å²) in [6.07, 6.45) is 5.32. The first kappa shape index (κ1) is 17.6. The number of aryl methyl sites for hydroxylation is 2. The van der Waals surface area contributed by atoms with Gasteiger partial charge in [-0.25, -0.2) is 9.50 Å². The van der Waals surface area contributed by atoms with E-state index in [0.29, 0.717) is 12.3 Å². The second kappa shape index (κ2) is 7.47. The zero-order valence-corrected chi connectivity index (χ0v) is 15.9. The minimum Gasteiger partial charge on any atom is -0.333 e. The van der Waals surface area contributed by atoms with Crippen LogP contribution in [0.15, 0.2) is 36.4 Å². The van der Waals surface area contributed by atoms with Crippen molar-refractivity contribution in [2.75, 3.05) is 6.54 Å². The van der Waals surface area contributed by atoms with E-state index in [9.17, 15) is 4.79 Å². The zero-order chi connectivity index (χ0) is 18.8. The van der Waals surface area contributed by atoms with Crippen molar-refractivity contribution in [3.8, 4) is 0 Å². The van der Waals surface area contributed by atoms with E-state index in [1.165, 1.54) is 18.4 Å². The number of hydrogen-bond donors (Lipinski definition) is 0. The highest BCUT2D eigenvalue weighted by molar-refractivity contribution is 5.91. The molecule has 2 aromatic heterocycles. The summed E-state index contributed by atoms with van der Waals surface area (Å²) >= 11 is 0. The number of hydrogen-bond acceptors (Lipinski definition) is 4. The van der Waals surface area contributed by atoms with Crippen molar-refractivity contribution < 1.29 is 4.79 Å². The van der Waals surface area contributed by atoms with Gasteiger partial charge in [-0.3, -0.25) is 4.79 Å². The molecule has 0 bridgehead atoms. The van der Waals surface area contributed by atoms with Crippen LogP contribution >= 0.6 is 0 Å². The lowest BCUT2D eigenvalue weighted by molar-refractivity contribution is 0.0671. The summed E-state index contributed by atoms with van der Waals surface area (Å²) in [7, 11) is 0. The Balaban J connectivity index is 1.60. The summed E-state index contributed by atoms with van der Waals surface area (Å²) in [4.78, 5) is 24.1. The van der Waals surface area contributed by atoms with Gasteiger partial charge >= 0.3 is 0 Å². The molecule has 0 radical (unpaired) electrons. The molecule has 6 heteroatoms. The summed E-state index contributed by atoms with van der Waals surface area (Å²) in [5, 5.41) is 4.45. The maximum Gasteiger partial charge on any atom is 0.293 e. The third-order valence-electron chi connectivity index (χ3n) is 5.32. The molecule has 27 heavy (non-hydrogen) atoms. The largest absolute Gasteiger partial charge is 0.333 e. The fourth-order valence-corrected chi connectivity index (χ4v) is 3.95. The average Bonchev–Trinajstić information content (AvgIpc) is 3.32. The Labute approximate surface area is 159 Å². The van der Waals surface area contributed by atoms with E-state index in [-0.39, 0.29) is 17.8 Å². The summed E-state index contributed by atoms with van der Waals surface area (Å²) in [6.45, 7) is 4.57. The minimum atomic E-state index is -0.0830. The van der Waals surface area contributed by atoms with E-state index >= 15 is 0 Å². The number of rotatable bonds is 5. The van der Waals surface area contributed by atoms with Gasteiger partial charge in [0.1, 0.15) is 0 Å². The summed E-state index contributed by atoms with van der Waals surface area (Å²) in [6, 6.07) is 12.5. The van der Waals surface area contributed by atoms with Crippen LogP contribution in [0.2, 0.25) is 0 Å². The van der Waals surface area contributed by atoms with Crippen LogP contribution in [0.5, 0.6) is 0 Å². The quantitative estimate of drug-likeness (QED) is 0.697. The van der Waals surface area contributed by atoms with Crippen molar-refractivity contribution in [1.82, 2.24) is 24.5 Å². The van der Waals surface area contributed by atoms with Crippen LogP contribution in [0.1, 0.15) is 53.3 Å². The Morgan fingerprint density at radius 3 is 2.63 bits per heavy atom. The molecule has 1 fully saturated rings. The monoisotopic (exact) mass is 363 g/mol. The van der Waals surface area contributed by atoms with Crippen LogP contribution in [0.4, 0.5) is 0 Å². The van der Waals surface area contributed by atoms with Gasteiger partial charge in [0.2, 0.25) is 5.82 Å². The summed E-state index contributed by atoms with van der Waals surface area (Å²) in [5.41, 5.74) is 3.05. The number of amides is 1. The fraction of sp³-hybridized carbons (Fsp3) is 0.429. The highest BCUT2D eigenvalue weighted by atomic mass is 16.2. The van der Waals surface area contributed by atoms with E-state index in [2.05, 4.69) is 27.2 Å². The highest BCUT2D eigenvalue weighted by Crippen LogP contribution is 2.25. The van der Waals surface area contributed by atoms with Crippen LogP contribution in [-0.4, -0.2) is 43.0 Å². The van der Waals surface area contributed by atoms with Crippen molar-refractivity contribution in [3.05, 3.63) is 59.2 Å². The molecule has 0 N–H and O–H groups in total. The molecule has 0 spiro atoms. The van der Waals surface area contributed by atoms with E-state index in [1.807, 2.05) is 43.0 Å². The lowest BCUT2D eigenvalue weighted by Gasteiger charge is -2.28. The van der Waals surface area contributed by atoms with Crippen molar-refractivity contribution in [3.63, 3.8) is 0 Å². The van der Waals surface area contributed by atoms with Crippen LogP contribution in [0.25, 0.3) is 5.78 Å². The molecule has 3 aromatic rings. The van der Waals surface area contributed by atoms with Gasteiger partial charge in [0, 0.05) is 24.0 Å². The first-order valence-corrected chi connectivity index (χ1v) is 9.68. The average molecular weight is 363 g/mol. The van der Waals surface area contributed by atoms with Crippen molar-refractivity contribution in [2.24, 2.45) is 0 Å². The third-order valence-corrected chi connectivity index (χ3v) is 5.32. The number of nitrogens with zero attached hydrogens (tertiary/aromatic N) is 5. The Morgan fingerprint density at radius 2 is 1.89 bits per heavy atom. The van der Waals surface area contributed by atoms with Gasteiger partial charge in [-0.1, -0.05) is 43.2 Å². The second-order valence-electron chi connectivity index (χ2n) is 7.36. The van der Waals surface area contributed by atoms with Crippen molar-refractivity contribution in [1.29, 1.82) is 0 Å². The molecule has 0 atom stereocenters. The molecule has 0 aliphatic heterocycles. The maximum absolute atomic E-state index is 13.3. The first-order valence-electron chi connectivity index (χ1n) is 9.68. The second-order valence-corrected chi connectivity index (χ2v) is 7.36. The number of benzene rings is 1. The predicted octanol–water partition coefficient (Wildman–Crippen LogP) is 3.37. The van der Waals surface area contributed by atoms with Crippen LogP contribution in [-0.2, 0) is 6.42 Å². The van der Waals surface area contributed by atoms with Gasteiger partial charge in [0.15, 0.2) is 0 Å². The lowest BCUT2D eigenvalue weighted by atomic mass is 10.1. The van der Waals surface area contributed by atoms with Crippen LogP contribution in [0.3, 0.4) is 0 Å². The maximum atomic E-state index is 13.3. The molecule has 6 nitrogen and oxygen atoms in total.